The quantitative estimate of drug-likeness (QED) is 0.666. The molecule has 0 radical (unpaired) electrons. The van der Waals surface area contributed by atoms with E-state index in [0.717, 1.165) is 24.8 Å². The van der Waals surface area contributed by atoms with Gasteiger partial charge in [-0.15, -0.1) is 0 Å². The van der Waals surface area contributed by atoms with Crippen LogP contribution < -0.4 is 9.62 Å². The van der Waals surface area contributed by atoms with Crippen molar-refractivity contribution >= 4 is 21.6 Å². The van der Waals surface area contributed by atoms with Gasteiger partial charge in [0.05, 0.1) is 11.9 Å². The summed E-state index contributed by atoms with van der Waals surface area (Å²) in [5, 5.41) is 2.87. The second kappa shape index (κ2) is 9.55. The van der Waals surface area contributed by atoms with Crippen LogP contribution in [0.2, 0.25) is 0 Å². The van der Waals surface area contributed by atoms with E-state index in [4.69, 9.17) is 0 Å². The number of aryl methyl sites for hydroxylation is 1. The van der Waals surface area contributed by atoms with Gasteiger partial charge in [0, 0.05) is 19.5 Å². The lowest BCUT2D eigenvalue weighted by Gasteiger charge is -2.22. The molecule has 0 aromatic heterocycles. The largest absolute Gasteiger partial charge is 0.356 e. The predicted molar refractivity (Wildman–Crippen MR) is 95.1 cm³/mol. The van der Waals surface area contributed by atoms with Gasteiger partial charge in [-0.2, -0.15) is 0 Å². The molecule has 1 amide bonds. The van der Waals surface area contributed by atoms with E-state index in [-0.39, 0.29) is 5.91 Å². The van der Waals surface area contributed by atoms with Crippen molar-refractivity contribution in [3.05, 3.63) is 29.8 Å². The van der Waals surface area contributed by atoms with E-state index in [9.17, 15) is 13.2 Å². The van der Waals surface area contributed by atoms with Crippen LogP contribution in [-0.2, 0) is 14.8 Å². The summed E-state index contributed by atoms with van der Waals surface area (Å²) < 4.78 is 25.3. The van der Waals surface area contributed by atoms with Gasteiger partial charge < -0.3 is 5.32 Å². The third-order valence-corrected chi connectivity index (χ3v) is 4.78. The highest BCUT2D eigenvalue weighted by molar-refractivity contribution is 7.92. The maximum absolute atomic E-state index is 12.0. The molecule has 23 heavy (non-hydrogen) atoms. The van der Waals surface area contributed by atoms with Crippen molar-refractivity contribution in [2.45, 2.75) is 46.0 Å². The number of nitrogens with zero attached hydrogens (tertiary/aromatic N) is 1. The molecule has 130 valence electrons. The molecule has 0 aliphatic rings. The zero-order valence-electron chi connectivity index (χ0n) is 14.3. The highest BCUT2D eigenvalue weighted by atomic mass is 32.2. The SMILES string of the molecule is CCCCCNC(=O)CCCN(c1ccc(C)cc1)S(C)(=O)=O. The Morgan fingerprint density at radius 1 is 1.13 bits per heavy atom. The molecule has 1 rings (SSSR count). The molecule has 5 nitrogen and oxygen atoms in total. The summed E-state index contributed by atoms with van der Waals surface area (Å²) in [6.45, 7) is 5.08. The summed E-state index contributed by atoms with van der Waals surface area (Å²) in [4.78, 5) is 11.7. The summed E-state index contributed by atoms with van der Waals surface area (Å²) in [7, 11) is -3.35. The molecule has 1 N–H and O–H groups in total. The van der Waals surface area contributed by atoms with Crippen molar-refractivity contribution in [3.63, 3.8) is 0 Å². The first kappa shape index (κ1) is 19.5. The molecule has 0 aliphatic carbocycles. The first-order valence-electron chi connectivity index (χ1n) is 8.15. The minimum absolute atomic E-state index is 0.0153. The summed E-state index contributed by atoms with van der Waals surface area (Å²) >= 11 is 0. The number of carbonyl (C=O) groups is 1. The average Bonchev–Trinajstić information content (AvgIpc) is 2.48. The third kappa shape index (κ3) is 7.50. The van der Waals surface area contributed by atoms with Gasteiger partial charge in [-0.3, -0.25) is 9.10 Å². The Balaban J connectivity index is 2.50. The van der Waals surface area contributed by atoms with Gasteiger partial charge >= 0.3 is 0 Å². The number of carbonyl (C=O) groups excluding carboxylic acids is 1. The Hall–Kier alpha value is -1.56. The minimum atomic E-state index is -3.35. The Morgan fingerprint density at radius 3 is 2.35 bits per heavy atom. The van der Waals surface area contributed by atoms with E-state index >= 15 is 0 Å². The molecule has 0 bridgehead atoms. The standard InChI is InChI=1S/C17H28N2O3S/c1-4-5-6-13-18-17(20)8-7-14-19(23(3,21)22)16-11-9-15(2)10-12-16/h9-12H,4-8,13-14H2,1-3H3,(H,18,20). The van der Waals surface area contributed by atoms with Gasteiger partial charge in [-0.1, -0.05) is 37.5 Å². The van der Waals surface area contributed by atoms with Gasteiger partial charge in [0.1, 0.15) is 0 Å². The fraction of sp³-hybridized carbons (Fsp3) is 0.588. The first-order chi connectivity index (χ1) is 10.8. The van der Waals surface area contributed by atoms with Gasteiger partial charge in [0.15, 0.2) is 0 Å². The molecule has 0 saturated carbocycles. The monoisotopic (exact) mass is 340 g/mol. The van der Waals surface area contributed by atoms with E-state index in [2.05, 4.69) is 12.2 Å². The van der Waals surface area contributed by atoms with Gasteiger partial charge in [0.25, 0.3) is 0 Å². The molecule has 0 unspecified atom stereocenters. The molecule has 1 aromatic rings. The highest BCUT2D eigenvalue weighted by Gasteiger charge is 2.17. The number of nitrogens with one attached hydrogen (secondary N) is 1. The van der Waals surface area contributed by atoms with Crippen molar-refractivity contribution < 1.29 is 13.2 Å². The smallest absolute Gasteiger partial charge is 0.232 e. The van der Waals surface area contributed by atoms with Gasteiger partial charge in [0.2, 0.25) is 15.9 Å². The van der Waals surface area contributed by atoms with Gasteiger partial charge in [-0.25, -0.2) is 8.42 Å². The molecule has 0 saturated heterocycles. The Bertz CT molecular complexity index is 582. The zero-order valence-corrected chi connectivity index (χ0v) is 15.2. The maximum Gasteiger partial charge on any atom is 0.232 e. The number of sulfonamides is 1. The summed E-state index contributed by atoms with van der Waals surface area (Å²) in [6, 6.07) is 7.35. The van der Waals surface area contributed by atoms with Crippen molar-refractivity contribution in [2.24, 2.45) is 0 Å². The van der Waals surface area contributed by atoms with E-state index < -0.39 is 10.0 Å². The summed E-state index contributed by atoms with van der Waals surface area (Å²) in [5.74, 6) is -0.0153. The van der Waals surface area contributed by atoms with E-state index in [1.807, 2.05) is 19.1 Å². The minimum Gasteiger partial charge on any atom is -0.356 e. The number of amides is 1. The molecule has 0 heterocycles. The van der Waals surface area contributed by atoms with Crippen LogP contribution in [0.5, 0.6) is 0 Å². The van der Waals surface area contributed by atoms with Crippen molar-refractivity contribution in [1.82, 2.24) is 5.32 Å². The fourth-order valence-corrected chi connectivity index (χ4v) is 3.24. The van der Waals surface area contributed by atoms with E-state index in [1.54, 1.807) is 12.1 Å². The summed E-state index contributed by atoms with van der Waals surface area (Å²) in [6.07, 6.45) is 5.24. The molecule has 0 aliphatic heterocycles. The van der Waals surface area contributed by atoms with E-state index in [0.29, 0.717) is 31.6 Å². The maximum atomic E-state index is 12.0. The number of benzene rings is 1. The Kier molecular flexibility index (Phi) is 8.09. The number of rotatable bonds is 10. The number of hydrogen-bond acceptors (Lipinski definition) is 3. The zero-order chi connectivity index (χ0) is 17.3. The van der Waals surface area contributed by atoms with E-state index in [1.165, 1.54) is 10.6 Å². The van der Waals surface area contributed by atoms with Crippen LogP contribution >= 0.6 is 0 Å². The summed E-state index contributed by atoms with van der Waals surface area (Å²) in [5.41, 5.74) is 1.72. The lowest BCUT2D eigenvalue weighted by Crippen LogP contribution is -2.32. The van der Waals surface area contributed by atoms with Gasteiger partial charge in [-0.05, 0) is 31.9 Å². The predicted octanol–water partition coefficient (Wildman–Crippen LogP) is 2.85. The Morgan fingerprint density at radius 2 is 1.78 bits per heavy atom. The van der Waals surface area contributed by atoms with Crippen molar-refractivity contribution in [3.8, 4) is 0 Å². The second-order valence-electron chi connectivity index (χ2n) is 5.83. The number of anilines is 1. The van der Waals surface area contributed by atoms with Crippen molar-refractivity contribution in [1.29, 1.82) is 0 Å². The third-order valence-electron chi connectivity index (χ3n) is 3.59. The second-order valence-corrected chi connectivity index (χ2v) is 7.74. The van der Waals surface area contributed by atoms with Crippen molar-refractivity contribution in [2.75, 3.05) is 23.7 Å². The highest BCUT2D eigenvalue weighted by Crippen LogP contribution is 2.18. The molecular formula is C17H28N2O3S. The molecule has 1 aromatic carbocycles. The van der Waals surface area contributed by atoms with Crippen LogP contribution in [0.15, 0.2) is 24.3 Å². The fourth-order valence-electron chi connectivity index (χ4n) is 2.27. The lowest BCUT2D eigenvalue weighted by molar-refractivity contribution is -0.121. The number of unbranched alkanes of at least 4 members (excludes halogenated alkanes) is 2. The first-order valence-corrected chi connectivity index (χ1v) is 10.0. The van der Waals surface area contributed by atoms with Crippen LogP contribution in [0.1, 0.15) is 44.6 Å². The molecular weight excluding hydrogens is 312 g/mol. The topological polar surface area (TPSA) is 66.5 Å². The molecule has 0 atom stereocenters. The Labute approximate surface area is 140 Å². The van der Waals surface area contributed by atoms with Crippen LogP contribution in [0.25, 0.3) is 0 Å². The van der Waals surface area contributed by atoms with Crippen LogP contribution in [0.4, 0.5) is 5.69 Å². The molecule has 0 fully saturated rings. The van der Waals surface area contributed by atoms with Crippen LogP contribution in [-0.4, -0.2) is 33.7 Å². The molecule has 0 spiro atoms. The molecule has 6 heteroatoms. The number of hydrogen-bond donors (Lipinski definition) is 1. The van der Waals surface area contributed by atoms with Crippen LogP contribution in [0.3, 0.4) is 0 Å². The normalized spacial score (nSPS) is 11.3. The van der Waals surface area contributed by atoms with Crippen LogP contribution in [0, 0.1) is 6.92 Å². The lowest BCUT2D eigenvalue weighted by atomic mass is 10.2. The average molecular weight is 340 g/mol.